The SMILES string of the molecule is COCCNC1CCC(C)C1. The standard InChI is InChI=1S/C9H19NO/c1-8-3-4-9(7-8)10-5-6-11-2/h8-10H,3-7H2,1-2H3. The van der Waals surface area contributed by atoms with E-state index >= 15 is 0 Å². The number of rotatable bonds is 4. The van der Waals surface area contributed by atoms with Crippen molar-refractivity contribution in [1.82, 2.24) is 5.32 Å². The van der Waals surface area contributed by atoms with E-state index in [-0.39, 0.29) is 0 Å². The second-order valence-corrected chi connectivity index (χ2v) is 3.56. The van der Waals surface area contributed by atoms with Crippen LogP contribution in [0.5, 0.6) is 0 Å². The molecule has 0 amide bonds. The monoisotopic (exact) mass is 157 g/mol. The van der Waals surface area contributed by atoms with E-state index in [0.717, 1.165) is 25.1 Å². The highest BCUT2D eigenvalue weighted by molar-refractivity contribution is 4.77. The lowest BCUT2D eigenvalue weighted by atomic mass is 10.1. The maximum atomic E-state index is 4.97. The fraction of sp³-hybridized carbons (Fsp3) is 1.00. The maximum absolute atomic E-state index is 4.97. The van der Waals surface area contributed by atoms with Crippen LogP contribution in [0.2, 0.25) is 0 Å². The zero-order chi connectivity index (χ0) is 8.10. The Kier molecular flexibility index (Phi) is 3.87. The molecule has 66 valence electrons. The molecular weight excluding hydrogens is 138 g/mol. The van der Waals surface area contributed by atoms with E-state index in [0.29, 0.717) is 0 Å². The summed E-state index contributed by atoms with van der Waals surface area (Å²) in [5.41, 5.74) is 0. The van der Waals surface area contributed by atoms with Crippen molar-refractivity contribution >= 4 is 0 Å². The summed E-state index contributed by atoms with van der Waals surface area (Å²) in [7, 11) is 1.75. The Labute approximate surface area is 69.3 Å². The van der Waals surface area contributed by atoms with Gasteiger partial charge in [0.25, 0.3) is 0 Å². The van der Waals surface area contributed by atoms with Crippen LogP contribution in [-0.4, -0.2) is 26.3 Å². The molecule has 1 aliphatic rings. The van der Waals surface area contributed by atoms with E-state index in [1.54, 1.807) is 7.11 Å². The van der Waals surface area contributed by atoms with Gasteiger partial charge in [0.2, 0.25) is 0 Å². The first-order valence-corrected chi connectivity index (χ1v) is 4.55. The minimum absolute atomic E-state index is 0.764. The van der Waals surface area contributed by atoms with E-state index in [9.17, 15) is 0 Å². The first-order valence-electron chi connectivity index (χ1n) is 4.55. The molecule has 1 fully saturated rings. The molecule has 0 aromatic heterocycles. The summed E-state index contributed by atoms with van der Waals surface area (Å²) in [4.78, 5) is 0. The van der Waals surface area contributed by atoms with Crippen molar-refractivity contribution in [3.05, 3.63) is 0 Å². The first kappa shape index (κ1) is 9.01. The van der Waals surface area contributed by atoms with Gasteiger partial charge in [-0.3, -0.25) is 0 Å². The second-order valence-electron chi connectivity index (χ2n) is 3.56. The number of ether oxygens (including phenoxy) is 1. The predicted molar refractivity (Wildman–Crippen MR) is 46.7 cm³/mol. The normalized spacial score (nSPS) is 31.1. The van der Waals surface area contributed by atoms with Crippen molar-refractivity contribution in [2.24, 2.45) is 5.92 Å². The van der Waals surface area contributed by atoms with Crippen LogP contribution in [0.25, 0.3) is 0 Å². The van der Waals surface area contributed by atoms with Gasteiger partial charge in [-0.1, -0.05) is 6.92 Å². The van der Waals surface area contributed by atoms with E-state index in [1.807, 2.05) is 0 Å². The van der Waals surface area contributed by atoms with Gasteiger partial charge in [-0.2, -0.15) is 0 Å². The van der Waals surface area contributed by atoms with Crippen molar-refractivity contribution in [2.75, 3.05) is 20.3 Å². The van der Waals surface area contributed by atoms with Gasteiger partial charge < -0.3 is 10.1 Å². The van der Waals surface area contributed by atoms with Crippen molar-refractivity contribution < 1.29 is 4.74 Å². The van der Waals surface area contributed by atoms with Gasteiger partial charge in [0.15, 0.2) is 0 Å². The van der Waals surface area contributed by atoms with E-state index < -0.39 is 0 Å². The average Bonchev–Trinajstić information content (AvgIpc) is 2.37. The van der Waals surface area contributed by atoms with E-state index in [2.05, 4.69) is 12.2 Å². The van der Waals surface area contributed by atoms with Crippen LogP contribution in [0, 0.1) is 5.92 Å². The highest BCUT2D eigenvalue weighted by Crippen LogP contribution is 2.24. The molecule has 0 saturated heterocycles. The average molecular weight is 157 g/mol. The predicted octanol–water partition coefficient (Wildman–Crippen LogP) is 1.41. The molecule has 2 nitrogen and oxygen atoms in total. The number of methoxy groups -OCH3 is 1. The third-order valence-electron chi connectivity index (χ3n) is 2.43. The Bertz CT molecular complexity index is 106. The third-order valence-corrected chi connectivity index (χ3v) is 2.43. The molecule has 0 spiro atoms. The Morgan fingerprint density at radius 1 is 1.45 bits per heavy atom. The second kappa shape index (κ2) is 4.73. The smallest absolute Gasteiger partial charge is 0.0587 e. The Hall–Kier alpha value is -0.0800. The van der Waals surface area contributed by atoms with Crippen LogP contribution in [-0.2, 0) is 4.74 Å². The lowest BCUT2D eigenvalue weighted by molar-refractivity contribution is 0.195. The highest BCUT2D eigenvalue weighted by Gasteiger charge is 2.19. The van der Waals surface area contributed by atoms with Gasteiger partial charge >= 0.3 is 0 Å². The summed E-state index contributed by atoms with van der Waals surface area (Å²) >= 11 is 0. The Morgan fingerprint density at radius 3 is 2.82 bits per heavy atom. The summed E-state index contributed by atoms with van der Waals surface area (Å²) in [5.74, 6) is 0.926. The lowest BCUT2D eigenvalue weighted by Gasteiger charge is -2.10. The molecule has 0 radical (unpaired) electrons. The lowest BCUT2D eigenvalue weighted by Crippen LogP contribution is -2.29. The molecule has 0 aromatic carbocycles. The molecule has 1 saturated carbocycles. The Morgan fingerprint density at radius 2 is 2.27 bits per heavy atom. The summed E-state index contributed by atoms with van der Waals surface area (Å²) in [6.07, 6.45) is 4.10. The van der Waals surface area contributed by atoms with Crippen molar-refractivity contribution in [3.63, 3.8) is 0 Å². The van der Waals surface area contributed by atoms with Gasteiger partial charge in [-0.05, 0) is 25.2 Å². The van der Waals surface area contributed by atoms with Crippen LogP contribution in [0.15, 0.2) is 0 Å². The summed E-state index contributed by atoms with van der Waals surface area (Å²) < 4.78 is 4.97. The fourth-order valence-corrected chi connectivity index (χ4v) is 1.76. The summed E-state index contributed by atoms with van der Waals surface area (Å²) in [6, 6.07) is 0.764. The van der Waals surface area contributed by atoms with Gasteiger partial charge in [0.1, 0.15) is 0 Å². The van der Waals surface area contributed by atoms with Gasteiger partial charge in [-0.25, -0.2) is 0 Å². The minimum Gasteiger partial charge on any atom is -0.383 e. The highest BCUT2D eigenvalue weighted by atomic mass is 16.5. The first-order chi connectivity index (χ1) is 5.33. The van der Waals surface area contributed by atoms with Crippen LogP contribution in [0.1, 0.15) is 26.2 Å². The van der Waals surface area contributed by atoms with Crippen LogP contribution < -0.4 is 5.32 Å². The van der Waals surface area contributed by atoms with Crippen molar-refractivity contribution in [1.29, 1.82) is 0 Å². The molecule has 11 heavy (non-hydrogen) atoms. The molecule has 0 bridgehead atoms. The molecule has 0 aliphatic heterocycles. The third kappa shape index (κ3) is 3.21. The fourth-order valence-electron chi connectivity index (χ4n) is 1.76. The topological polar surface area (TPSA) is 21.3 Å². The molecule has 2 unspecified atom stereocenters. The van der Waals surface area contributed by atoms with Gasteiger partial charge in [0.05, 0.1) is 6.61 Å². The van der Waals surface area contributed by atoms with Crippen molar-refractivity contribution in [2.45, 2.75) is 32.2 Å². The zero-order valence-corrected chi connectivity index (χ0v) is 7.60. The largest absolute Gasteiger partial charge is 0.383 e. The Balaban J connectivity index is 1.99. The summed E-state index contributed by atoms with van der Waals surface area (Å²) in [6.45, 7) is 4.18. The maximum Gasteiger partial charge on any atom is 0.0587 e. The molecular formula is C9H19NO. The molecule has 0 aromatic rings. The number of nitrogens with one attached hydrogen (secondary N) is 1. The molecule has 2 heteroatoms. The van der Waals surface area contributed by atoms with Crippen LogP contribution in [0.3, 0.4) is 0 Å². The minimum atomic E-state index is 0.764. The number of hydrogen-bond acceptors (Lipinski definition) is 2. The van der Waals surface area contributed by atoms with Gasteiger partial charge in [-0.15, -0.1) is 0 Å². The van der Waals surface area contributed by atoms with Crippen LogP contribution >= 0.6 is 0 Å². The summed E-state index contributed by atoms with van der Waals surface area (Å²) in [5, 5.41) is 3.49. The molecule has 1 N–H and O–H groups in total. The quantitative estimate of drug-likeness (QED) is 0.623. The molecule has 1 aliphatic carbocycles. The van der Waals surface area contributed by atoms with E-state index in [1.165, 1.54) is 19.3 Å². The van der Waals surface area contributed by atoms with E-state index in [4.69, 9.17) is 4.74 Å². The van der Waals surface area contributed by atoms with Crippen LogP contribution in [0.4, 0.5) is 0 Å². The van der Waals surface area contributed by atoms with Crippen molar-refractivity contribution in [3.8, 4) is 0 Å². The molecule has 0 heterocycles. The zero-order valence-electron chi connectivity index (χ0n) is 7.60. The van der Waals surface area contributed by atoms with Gasteiger partial charge in [0, 0.05) is 19.7 Å². The number of hydrogen-bond donors (Lipinski definition) is 1. The molecule has 2 atom stereocenters. The molecule has 1 rings (SSSR count).